The first kappa shape index (κ1) is 22.4. The number of piperazine rings is 1. The smallest absolute Gasteiger partial charge is 0.225 e. The predicted octanol–water partition coefficient (Wildman–Crippen LogP) is 4.41. The number of nitrogens with zero attached hydrogens (tertiary/aromatic N) is 3. The van der Waals surface area contributed by atoms with Crippen molar-refractivity contribution < 1.29 is 9.53 Å². The van der Waals surface area contributed by atoms with Gasteiger partial charge in [-0.25, -0.2) is 0 Å². The molecule has 1 unspecified atom stereocenters. The van der Waals surface area contributed by atoms with Crippen LogP contribution in [0.15, 0.2) is 36.4 Å². The molecule has 1 aliphatic heterocycles. The largest absolute Gasteiger partial charge is 0.384 e. The van der Waals surface area contributed by atoms with Crippen molar-refractivity contribution in [3.63, 3.8) is 0 Å². The van der Waals surface area contributed by atoms with Crippen molar-refractivity contribution in [2.45, 2.75) is 51.5 Å². The second-order valence-electron chi connectivity index (χ2n) is 9.14. The number of benzene rings is 2. The molecule has 2 fully saturated rings. The third-order valence-corrected chi connectivity index (χ3v) is 6.89. The van der Waals surface area contributed by atoms with Gasteiger partial charge in [0.15, 0.2) is 0 Å². The minimum Gasteiger partial charge on any atom is -0.384 e. The lowest BCUT2D eigenvalue weighted by molar-refractivity contribution is -0.134. The van der Waals surface area contributed by atoms with E-state index >= 15 is 0 Å². The van der Waals surface area contributed by atoms with Crippen LogP contribution in [0.2, 0.25) is 0 Å². The number of carbonyl (C=O) groups excluding carboxylic acids is 1. The normalized spacial score (nSPS) is 18.5. The van der Waals surface area contributed by atoms with Crippen LogP contribution < -0.4 is 4.90 Å². The summed E-state index contributed by atoms with van der Waals surface area (Å²) in [5, 5.41) is 10.1. The Morgan fingerprint density at radius 3 is 2.59 bits per heavy atom. The van der Waals surface area contributed by atoms with Gasteiger partial charge in [-0.3, -0.25) is 4.79 Å². The fourth-order valence-corrected chi connectivity index (χ4v) is 4.93. The van der Waals surface area contributed by atoms with E-state index in [1.807, 2.05) is 11.0 Å². The maximum Gasteiger partial charge on any atom is 0.225 e. The molecule has 4 rings (SSSR count). The quantitative estimate of drug-likeness (QED) is 0.652. The molecule has 2 aromatic rings. The Hall–Kier alpha value is -2.84. The average Bonchev–Trinajstić information content (AvgIpc) is 3.64. The Labute approximate surface area is 191 Å². The van der Waals surface area contributed by atoms with Gasteiger partial charge in [-0.1, -0.05) is 30.3 Å². The molecule has 1 atom stereocenters. The van der Waals surface area contributed by atoms with Crippen LogP contribution in [0.4, 0.5) is 5.69 Å². The van der Waals surface area contributed by atoms with E-state index in [9.17, 15) is 10.1 Å². The summed E-state index contributed by atoms with van der Waals surface area (Å²) in [5.41, 5.74) is 6.95. The molecule has 0 spiro atoms. The zero-order valence-electron chi connectivity index (χ0n) is 19.4. The number of hydrogen-bond donors (Lipinski definition) is 0. The Bertz CT molecular complexity index is 1010. The number of anilines is 1. The topological polar surface area (TPSA) is 56.6 Å². The molecule has 32 heavy (non-hydrogen) atoms. The van der Waals surface area contributed by atoms with Crippen molar-refractivity contribution in [2.75, 3.05) is 38.3 Å². The summed E-state index contributed by atoms with van der Waals surface area (Å²) in [4.78, 5) is 16.8. The van der Waals surface area contributed by atoms with Gasteiger partial charge in [0.25, 0.3) is 0 Å². The first-order chi connectivity index (χ1) is 15.5. The Balaban J connectivity index is 1.62. The van der Waals surface area contributed by atoms with Crippen molar-refractivity contribution in [1.82, 2.24) is 4.90 Å². The first-order valence-electron chi connectivity index (χ1n) is 11.7. The van der Waals surface area contributed by atoms with E-state index in [4.69, 9.17) is 4.74 Å². The van der Waals surface area contributed by atoms with E-state index in [1.54, 1.807) is 7.11 Å². The molecule has 1 saturated carbocycles. The van der Waals surface area contributed by atoms with Crippen LogP contribution in [0.25, 0.3) is 0 Å². The third-order valence-electron chi connectivity index (χ3n) is 6.89. The van der Waals surface area contributed by atoms with Crippen molar-refractivity contribution in [2.24, 2.45) is 0 Å². The van der Waals surface area contributed by atoms with Crippen molar-refractivity contribution >= 4 is 11.6 Å². The zero-order valence-corrected chi connectivity index (χ0v) is 19.4. The minimum absolute atomic E-state index is 0.105. The van der Waals surface area contributed by atoms with E-state index in [0.717, 1.165) is 36.3 Å². The lowest BCUT2D eigenvalue weighted by Gasteiger charge is -2.41. The van der Waals surface area contributed by atoms with Gasteiger partial charge in [0, 0.05) is 32.8 Å². The molecular weight excluding hydrogens is 398 g/mol. The van der Waals surface area contributed by atoms with Gasteiger partial charge < -0.3 is 14.5 Å². The molecule has 1 aliphatic carbocycles. The van der Waals surface area contributed by atoms with Crippen LogP contribution in [-0.4, -0.2) is 50.2 Å². The van der Waals surface area contributed by atoms with E-state index in [0.29, 0.717) is 25.5 Å². The molecule has 0 bridgehead atoms. The van der Waals surface area contributed by atoms with Gasteiger partial charge in [-0.15, -0.1) is 0 Å². The molecular formula is C27H33N3O2. The zero-order chi connectivity index (χ0) is 22.7. The summed E-state index contributed by atoms with van der Waals surface area (Å²) in [6, 6.07) is 15.4. The number of hydrogen-bond acceptors (Lipinski definition) is 4. The average molecular weight is 432 g/mol. The van der Waals surface area contributed by atoms with E-state index in [-0.39, 0.29) is 11.9 Å². The number of carbonyl (C=O) groups is 1. The molecule has 2 aromatic carbocycles. The number of amides is 1. The van der Waals surface area contributed by atoms with Crippen LogP contribution in [0, 0.1) is 18.3 Å². The molecule has 2 aliphatic rings. The van der Waals surface area contributed by atoms with Gasteiger partial charge in [0.05, 0.1) is 24.3 Å². The van der Waals surface area contributed by atoms with E-state index in [2.05, 4.69) is 55.1 Å². The molecule has 1 amide bonds. The molecule has 0 radical (unpaired) electrons. The Morgan fingerprint density at radius 1 is 1.22 bits per heavy atom. The predicted molar refractivity (Wildman–Crippen MR) is 127 cm³/mol. The lowest BCUT2D eigenvalue weighted by atomic mass is 9.88. The van der Waals surface area contributed by atoms with Crippen LogP contribution in [-0.2, 0) is 16.0 Å². The first-order valence-corrected chi connectivity index (χ1v) is 11.7. The summed E-state index contributed by atoms with van der Waals surface area (Å²) in [5.74, 6) is 0.751. The van der Waals surface area contributed by atoms with Crippen molar-refractivity contribution in [3.05, 3.63) is 64.2 Å². The fourth-order valence-electron chi connectivity index (χ4n) is 4.93. The Kier molecular flexibility index (Phi) is 6.81. The van der Waals surface area contributed by atoms with E-state index in [1.165, 1.54) is 29.5 Å². The molecule has 5 nitrogen and oxygen atoms in total. The van der Waals surface area contributed by atoms with Gasteiger partial charge in [0.1, 0.15) is 6.07 Å². The number of nitriles is 1. The number of methoxy groups -OCH3 is 1. The summed E-state index contributed by atoms with van der Waals surface area (Å²) < 4.78 is 5.07. The highest BCUT2D eigenvalue weighted by atomic mass is 16.5. The maximum absolute atomic E-state index is 12.5. The molecule has 1 heterocycles. The second-order valence-corrected chi connectivity index (χ2v) is 9.14. The lowest BCUT2D eigenvalue weighted by Crippen LogP contribution is -2.54. The summed E-state index contributed by atoms with van der Waals surface area (Å²) in [6.45, 7) is 6.84. The van der Waals surface area contributed by atoms with E-state index < -0.39 is 0 Å². The molecule has 1 saturated heterocycles. The standard InChI is InChI=1S/C27H33N3O2/c1-19-18-29(12-13-30(19)27(31)11-14-32-3)26-16-24(22-9-10-22)23(20(2)25(26)17-28)15-21-7-5-4-6-8-21/h4-8,16,19,22H,9-15,18H2,1-3H3. The van der Waals surface area contributed by atoms with Crippen LogP contribution >= 0.6 is 0 Å². The maximum atomic E-state index is 12.5. The van der Waals surface area contributed by atoms with Gasteiger partial charge in [-0.2, -0.15) is 5.26 Å². The highest BCUT2D eigenvalue weighted by Gasteiger charge is 2.32. The van der Waals surface area contributed by atoms with Gasteiger partial charge in [-0.05, 0) is 67.3 Å². The highest BCUT2D eigenvalue weighted by molar-refractivity contribution is 5.77. The Morgan fingerprint density at radius 2 is 1.97 bits per heavy atom. The third kappa shape index (κ3) is 4.66. The fraction of sp³-hybridized carbons (Fsp3) is 0.481. The molecule has 0 aromatic heterocycles. The van der Waals surface area contributed by atoms with Crippen molar-refractivity contribution in [3.8, 4) is 6.07 Å². The van der Waals surface area contributed by atoms with Crippen LogP contribution in [0.3, 0.4) is 0 Å². The summed E-state index contributed by atoms with van der Waals surface area (Å²) in [6.07, 6.45) is 3.74. The highest BCUT2D eigenvalue weighted by Crippen LogP contribution is 2.45. The summed E-state index contributed by atoms with van der Waals surface area (Å²) in [7, 11) is 1.62. The van der Waals surface area contributed by atoms with Crippen molar-refractivity contribution in [1.29, 1.82) is 5.26 Å². The van der Waals surface area contributed by atoms with Gasteiger partial charge >= 0.3 is 0 Å². The van der Waals surface area contributed by atoms with Crippen LogP contribution in [0.1, 0.15) is 59.9 Å². The second kappa shape index (κ2) is 9.75. The molecule has 0 N–H and O–H groups in total. The SMILES string of the molecule is COCCC(=O)N1CCN(c2cc(C3CC3)c(Cc3ccccc3)c(C)c2C#N)CC1C. The number of rotatable bonds is 7. The molecule has 168 valence electrons. The minimum atomic E-state index is 0.105. The number of ether oxygens (including phenoxy) is 1. The summed E-state index contributed by atoms with van der Waals surface area (Å²) >= 11 is 0. The monoisotopic (exact) mass is 431 g/mol. The van der Waals surface area contributed by atoms with Gasteiger partial charge in [0.2, 0.25) is 5.91 Å². The molecule has 5 heteroatoms. The van der Waals surface area contributed by atoms with Crippen LogP contribution in [0.5, 0.6) is 0 Å².